The van der Waals surface area contributed by atoms with Gasteiger partial charge in [-0.15, -0.1) is 0 Å². The molecule has 4 rings (SSSR count). The summed E-state index contributed by atoms with van der Waals surface area (Å²) in [6.45, 7) is 3.22. The van der Waals surface area contributed by atoms with Gasteiger partial charge in [-0.1, -0.05) is 0 Å². The maximum Gasteiger partial charge on any atom is 0.261 e. The molecule has 2 aliphatic rings. The zero-order valence-corrected chi connectivity index (χ0v) is 14.3. The summed E-state index contributed by atoms with van der Waals surface area (Å²) in [4.78, 5) is 37.3. The molecule has 1 saturated heterocycles. The average molecular weight is 342 g/mol. The number of hydrogen-bond donors (Lipinski definition) is 2. The highest BCUT2D eigenvalue weighted by Crippen LogP contribution is 2.22. The van der Waals surface area contributed by atoms with E-state index in [0.717, 1.165) is 42.6 Å². The van der Waals surface area contributed by atoms with Gasteiger partial charge in [0.1, 0.15) is 17.5 Å². The number of nitrogens with zero attached hydrogens (tertiary/aromatic N) is 2. The minimum absolute atomic E-state index is 0.230. The monoisotopic (exact) mass is 342 g/mol. The number of H-pyrrole nitrogens is 2. The summed E-state index contributed by atoms with van der Waals surface area (Å²) < 4.78 is 5.74. The third kappa shape index (κ3) is 3.11. The van der Waals surface area contributed by atoms with Crippen molar-refractivity contribution in [1.29, 1.82) is 0 Å². The van der Waals surface area contributed by atoms with Gasteiger partial charge in [0, 0.05) is 24.1 Å². The van der Waals surface area contributed by atoms with Crippen molar-refractivity contribution in [2.75, 3.05) is 19.7 Å². The molecule has 0 radical (unpaired) electrons. The quantitative estimate of drug-likeness (QED) is 0.865. The molecule has 1 aliphatic carbocycles. The molecular formula is C18H22N4O3. The number of aromatic nitrogens is 3. The number of amides is 1. The van der Waals surface area contributed by atoms with Gasteiger partial charge in [0.25, 0.3) is 11.5 Å². The molecule has 0 spiro atoms. The van der Waals surface area contributed by atoms with Crippen LogP contribution in [0.2, 0.25) is 0 Å². The molecule has 0 aromatic carbocycles. The van der Waals surface area contributed by atoms with Crippen LogP contribution in [0, 0.1) is 6.92 Å². The van der Waals surface area contributed by atoms with Crippen LogP contribution in [0.3, 0.4) is 0 Å². The number of hydrogen-bond acceptors (Lipinski definition) is 4. The molecule has 1 aliphatic heterocycles. The van der Waals surface area contributed by atoms with Gasteiger partial charge in [0.2, 0.25) is 0 Å². The Balaban J connectivity index is 1.57. The molecule has 1 fully saturated rings. The van der Waals surface area contributed by atoms with Crippen molar-refractivity contribution in [2.24, 2.45) is 0 Å². The fourth-order valence-corrected chi connectivity index (χ4v) is 3.60. The fraction of sp³-hybridized carbons (Fsp3) is 0.500. The fourth-order valence-electron chi connectivity index (χ4n) is 3.60. The van der Waals surface area contributed by atoms with E-state index >= 15 is 0 Å². The van der Waals surface area contributed by atoms with E-state index in [1.165, 1.54) is 0 Å². The molecule has 0 saturated carbocycles. The Kier molecular flexibility index (Phi) is 4.17. The first-order valence-corrected chi connectivity index (χ1v) is 8.79. The minimum Gasteiger partial charge on any atom is -0.367 e. The van der Waals surface area contributed by atoms with Crippen LogP contribution in [0.15, 0.2) is 17.1 Å². The molecule has 3 heterocycles. The van der Waals surface area contributed by atoms with Crippen molar-refractivity contribution in [3.8, 4) is 0 Å². The maximum absolute atomic E-state index is 12.9. The van der Waals surface area contributed by atoms with E-state index in [4.69, 9.17) is 4.74 Å². The molecular weight excluding hydrogens is 320 g/mol. The highest BCUT2D eigenvalue weighted by Gasteiger charge is 2.29. The number of aryl methyl sites for hydroxylation is 3. The van der Waals surface area contributed by atoms with Crippen LogP contribution in [-0.2, 0) is 17.6 Å². The van der Waals surface area contributed by atoms with E-state index in [9.17, 15) is 9.59 Å². The number of morpholine rings is 1. The normalized spacial score (nSPS) is 20.4. The number of ether oxygens (including phenoxy) is 1. The highest BCUT2D eigenvalue weighted by atomic mass is 16.5. The van der Waals surface area contributed by atoms with Crippen molar-refractivity contribution >= 4 is 5.91 Å². The van der Waals surface area contributed by atoms with Gasteiger partial charge in [0.15, 0.2) is 0 Å². The van der Waals surface area contributed by atoms with E-state index in [1.807, 2.05) is 6.92 Å². The summed E-state index contributed by atoms with van der Waals surface area (Å²) in [5.74, 6) is 0.487. The van der Waals surface area contributed by atoms with Crippen molar-refractivity contribution in [2.45, 2.75) is 38.7 Å². The molecule has 25 heavy (non-hydrogen) atoms. The van der Waals surface area contributed by atoms with Gasteiger partial charge in [-0.05, 0) is 44.2 Å². The Morgan fingerprint density at radius 2 is 2.16 bits per heavy atom. The number of pyridine rings is 1. The van der Waals surface area contributed by atoms with Gasteiger partial charge in [-0.2, -0.15) is 0 Å². The number of imidazole rings is 1. The van der Waals surface area contributed by atoms with Crippen molar-refractivity contribution in [3.63, 3.8) is 0 Å². The van der Waals surface area contributed by atoms with Gasteiger partial charge < -0.3 is 19.6 Å². The zero-order chi connectivity index (χ0) is 17.4. The summed E-state index contributed by atoms with van der Waals surface area (Å²) in [7, 11) is 0. The summed E-state index contributed by atoms with van der Waals surface area (Å²) in [6.07, 6.45) is 5.45. The largest absolute Gasteiger partial charge is 0.367 e. The number of carbonyl (C=O) groups excluding carboxylic acids is 1. The van der Waals surface area contributed by atoms with E-state index in [0.29, 0.717) is 25.5 Å². The third-order valence-corrected chi connectivity index (χ3v) is 4.95. The van der Waals surface area contributed by atoms with Crippen LogP contribution in [-0.4, -0.2) is 45.5 Å². The van der Waals surface area contributed by atoms with Crippen LogP contribution in [0.1, 0.15) is 52.1 Å². The van der Waals surface area contributed by atoms with Crippen molar-refractivity contribution < 1.29 is 9.53 Å². The first-order chi connectivity index (χ1) is 12.1. The SMILES string of the molecule is Cc1cnc(C2CN(C(=O)c3cc4c([nH]c3=O)CCCC4)CCO2)[nH]1. The predicted molar refractivity (Wildman–Crippen MR) is 91.6 cm³/mol. The smallest absolute Gasteiger partial charge is 0.261 e. The highest BCUT2D eigenvalue weighted by molar-refractivity contribution is 5.94. The lowest BCUT2D eigenvalue weighted by molar-refractivity contribution is -0.0265. The predicted octanol–water partition coefficient (Wildman–Crippen LogP) is 1.50. The Morgan fingerprint density at radius 1 is 1.32 bits per heavy atom. The second-order valence-corrected chi connectivity index (χ2v) is 6.79. The number of carbonyl (C=O) groups is 1. The molecule has 2 aromatic rings. The van der Waals surface area contributed by atoms with Gasteiger partial charge in [-0.3, -0.25) is 9.59 Å². The van der Waals surface area contributed by atoms with Crippen LogP contribution in [0.5, 0.6) is 0 Å². The lowest BCUT2D eigenvalue weighted by Gasteiger charge is -2.32. The Bertz CT molecular complexity index is 854. The Labute approximate surface area is 145 Å². The average Bonchev–Trinajstić information content (AvgIpc) is 3.07. The number of aromatic amines is 2. The number of rotatable bonds is 2. The van der Waals surface area contributed by atoms with Crippen LogP contribution >= 0.6 is 0 Å². The molecule has 2 N–H and O–H groups in total. The molecule has 1 atom stereocenters. The van der Waals surface area contributed by atoms with Gasteiger partial charge in [-0.25, -0.2) is 4.98 Å². The lowest BCUT2D eigenvalue weighted by atomic mass is 9.95. The molecule has 2 aromatic heterocycles. The number of nitrogens with one attached hydrogen (secondary N) is 2. The molecule has 1 unspecified atom stereocenters. The zero-order valence-electron chi connectivity index (χ0n) is 14.3. The van der Waals surface area contributed by atoms with Crippen LogP contribution in [0.25, 0.3) is 0 Å². The second kappa shape index (κ2) is 6.48. The maximum atomic E-state index is 12.9. The number of fused-ring (bicyclic) bond motifs is 1. The summed E-state index contributed by atoms with van der Waals surface area (Å²) in [5.41, 5.74) is 2.98. The van der Waals surface area contributed by atoms with Crippen molar-refractivity contribution in [1.82, 2.24) is 19.9 Å². The summed E-state index contributed by atoms with van der Waals surface area (Å²) in [5, 5.41) is 0. The van der Waals surface area contributed by atoms with E-state index in [-0.39, 0.29) is 23.1 Å². The first-order valence-electron chi connectivity index (χ1n) is 8.79. The van der Waals surface area contributed by atoms with Crippen LogP contribution < -0.4 is 5.56 Å². The molecule has 7 nitrogen and oxygen atoms in total. The lowest BCUT2D eigenvalue weighted by Crippen LogP contribution is -2.44. The third-order valence-electron chi connectivity index (χ3n) is 4.95. The Hall–Kier alpha value is -2.41. The van der Waals surface area contributed by atoms with E-state index in [1.54, 1.807) is 17.2 Å². The molecule has 7 heteroatoms. The van der Waals surface area contributed by atoms with E-state index in [2.05, 4.69) is 15.0 Å². The van der Waals surface area contributed by atoms with Crippen LogP contribution in [0.4, 0.5) is 0 Å². The minimum atomic E-state index is -0.289. The van der Waals surface area contributed by atoms with Gasteiger partial charge >= 0.3 is 0 Å². The van der Waals surface area contributed by atoms with Gasteiger partial charge in [0.05, 0.1) is 13.2 Å². The molecule has 132 valence electrons. The summed E-state index contributed by atoms with van der Waals surface area (Å²) >= 11 is 0. The standard InChI is InChI=1S/C18H22N4O3/c1-11-9-19-16(20-11)15-10-22(6-7-25-15)18(24)13-8-12-4-2-3-5-14(12)21-17(13)23/h8-9,15H,2-7,10H2,1H3,(H,19,20)(H,21,23). The van der Waals surface area contributed by atoms with Crippen molar-refractivity contribution in [3.05, 3.63) is 51.0 Å². The second-order valence-electron chi connectivity index (χ2n) is 6.79. The molecule has 1 amide bonds. The topological polar surface area (TPSA) is 91.1 Å². The van der Waals surface area contributed by atoms with E-state index < -0.39 is 0 Å². The Morgan fingerprint density at radius 3 is 2.96 bits per heavy atom. The molecule has 0 bridgehead atoms. The summed E-state index contributed by atoms with van der Waals surface area (Å²) in [6, 6.07) is 1.79. The first kappa shape index (κ1) is 16.1.